The number of ether oxygens (including phenoxy) is 2. The Morgan fingerprint density at radius 2 is 1.73 bits per heavy atom. The fourth-order valence-corrected chi connectivity index (χ4v) is 1.04. The molecule has 0 rings (SSSR count). The summed E-state index contributed by atoms with van der Waals surface area (Å²) in [5, 5.41) is 0. The van der Waals surface area contributed by atoms with Gasteiger partial charge in [-0.05, 0) is 27.2 Å². The Hall–Kier alpha value is -0.0800. The quantitative estimate of drug-likeness (QED) is 0.614. The maximum absolute atomic E-state index is 5.63. The highest BCUT2D eigenvalue weighted by Gasteiger charge is 2.15. The summed E-state index contributed by atoms with van der Waals surface area (Å²) in [5.41, 5.74) is 0. The van der Waals surface area contributed by atoms with Crippen molar-refractivity contribution in [3.63, 3.8) is 0 Å². The first kappa shape index (κ1) is 10.9. The fourth-order valence-electron chi connectivity index (χ4n) is 1.04. The molecule has 0 aliphatic carbocycles. The van der Waals surface area contributed by atoms with Gasteiger partial charge in [0.05, 0.1) is 18.3 Å². The van der Waals surface area contributed by atoms with Gasteiger partial charge in [0, 0.05) is 7.11 Å². The normalized spacial score (nSPS) is 16.9. The van der Waals surface area contributed by atoms with Gasteiger partial charge in [-0.1, -0.05) is 6.92 Å². The van der Waals surface area contributed by atoms with Crippen molar-refractivity contribution in [3.8, 4) is 0 Å². The molecule has 0 heterocycles. The lowest BCUT2D eigenvalue weighted by molar-refractivity contribution is -0.0737. The van der Waals surface area contributed by atoms with Crippen LogP contribution < -0.4 is 0 Å². The highest BCUT2D eigenvalue weighted by Crippen LogP contribution is 2.09. The van der Waals surface area contributed by atoms with E-state index in [0.717, 1.165) is 6.42 Å². The molecule has 0 aromatic carbocycles. The maximum Gasteiger partial charge on any atom is 0.0834 e. The molecule has 0 aliphatic heterocycles. The van der Waals surface area contributed by atoms with Crippen molar-refractivity contribution in [1.82, 2.24) is 0 Å². The summed E-state index contributed by atoms with van der Waals surface area (Å²) in [6.45, 7) is 8.25. The fraction of sp³-hybridized carbons (Fsp3) is 1.00. The summed E-state index contributed by atoms with van der Waals surface area (Å²) >= 11 is 0. The SMILES string of the molecule is CCC(OC(C)C)C(C)OC. The molecule has 0 radical (unpaired) electrons. The highest BCUT2D eigenvalue weighted by molar-refractivity contribution is 4.64. The third-order valence-corrected chi connectivity index (χ3v) is 1.74. The minimum atomic E-state index is 0.197. The van der Waals surface area contributed by atoms with E-state index in [4.69, 9.17) is 9.47 Å². The van der Waals surface area contributed by atoms with E-state index in [0.29, 0.717) is 0 Å². The summed E-state index contributed by atoms with van der Waals surface area (Å²) in [7, 11) is 1.72. The molecule has 0 saturated heterocycles. The van der Waals surface area contributed by atoms with Gasteiger partial charge in [0.25, 0.3) is 0 Å². The third kappa shape index (κ3) is 4.38. The molecule has 2 atom stereocenters. The van der Waals surface area contributed by atoms with E-state index >= 15 is 0 Å². The van der Waals surface area contributed by atoms with Gasteiger partial charge in [-0.25, -0.2) is 0 Å². The van der Waals surface area contributed by atoms with Gasteiger partial charge < -0.3 is 9.47 Å². The van der Waals surface area contributed by atoms with E-state index in [2.05, 4.69) is 6.92 Å². The second-order valence-corrected chi connectivity index (χ2v) is 3.07. The van der Waals surface area contributed by atoms with Crippen LogP contribution in [0.15, 0.2) is 0 Å². The van der Waals surface area contributed by atoms with Crippen LogP contribution in [0.2, 0.25) is 0 Å². The van der Waals surface area contributed by atoms with E-state index in [9.17, 15) is 0 Å². The minimum Gasteiger partial charge on any atom is -0.379 e. The molecule has 0 bridgehead atoms. The number of methoxy groups -OCH3 is 1. The van der Waals surface area contributed by atoms with Crippen molar-refractivity contribution in [1.29, 1.82) is 0 Å². The van der Waals surface area contributed by atoms with Crippen LogP contribution >= 0.6 is 0 Å². The highest BCUT2D eigenvalue weighted by atomic mass is 16.5. The van der Waals surface area contributed by atoms with Crippen LogP contribution in [0.1, 0.15) is 34.1 Å². The first-order chi connectivity index (χ1) is 5.11. The Labute approximate surface area is 69.9 Å². The predicted octanol–water partition coefficient (Wildman–Crippen LogP) is 2.22. The topological polar surface area (TPSA) is 18.5 Å². The number of hydrogen-bond donors (Lipinski definition) is 0. The largest absolute Gasteiger partial charge is 0.379 e. The lowest BCUT2D eigenvalue weighted by Gasteiger charge is -2.23. The maximum atomic E-state index is 5.63. The van der Waals surface area contributed by atoms with Gasteiger partial charge >= 0.3 is 0 Å². The monoisotopic (exact) mass is 160 g/mol. The van der Waals surface area contributed by atoms with Crippen LogP contribution in [0.3, 0.4) is 0 Å². The second-order valence-electron chi connectivity index (χ2n) is 3.07. The Balaban J connectivity index is 3.74. The number of hydrogen-bond acceptors (Lipinski definition) is 2. The zero-order chi connectivity index (χ0) is 8.85. The molecule has 0 amide bonds. The molecule has 2 unspecified atom stereocenters. The third-order valence-electron chi connectivity index (χ3n) is 1.74. The lowest BCUT2D eigenvalue weighted by Crippen LogP contribution is -2.29. The van der Waals surface area contributed by atoms with E-state index in [-0.39, 0.29) is 18.3 Å². The van der Waals surface area contributed by atoms with Gasteiger partial charge in [0.1, 0.15) is 0 Å². The summed E-state index contributed by atoms with van der Waals surface area (Å²) in [5.74, 6) is 0. The van der Waals surface area contributed by atoms with Crippen LogP contribution in [-0.4, -0.2) is 25.4 Å². The van der Waals surface area contributed by atoms with Crippen LogP contribution in [0.4, 0.5) is 0 Å². The summed E-state index contributed by atoms with van der Waals surface area (Å²) < 4.78 is 10.8. The van der Waals surface area contributed by atoms with Crippen molar-refractivity contribution in [2.75, 3.05) is 7.11 Å². The molecule has 0 saturated carbocycles. The summed E-state index contributed by atoms with van der Waals surface area (Å²) in [6, 6.07) is 0. The first-order valence-corrected chi connectivity index (χ1v) is 4.30. The molecule has 0 aliphatic rings. The average Bonchev–Trinajstić information content (AvgIpc) is 1.98. The molecule has 2 heteroatoms. The van der Waals surface area contributed by atoms with Gasteiger partial charge in [-0.15, -0.1) is 0 Å². The second kappa shape index (κ2) is 5.56. The molecule has 68 valence electrons. The summed E-state index contributed by atoms with van der Waals surface area (Å²) in [6.07, 6.45) is 1.73. The molecule has 0 aromatic heterocycles. The first-order valence-electron chi connectivity index (χ1n) is 4.30. The Bertz CT molecular complexity index is 91.6. The minimum absolute atomic E-state index is 0.197. The molecular weight excluding hydrogens is 140 g/mol. The van der Waals surface area contributed by atoms with Crippen molar-refractivity contribution in [3.05, 3.63) is 0 Å². The zero-order valence-corrected chi connectivity index (χ0v) is 8.26. The van der Waals surface area contributed by atoms with Gasteiger partial charge in [-0.3, -0.25) is 0 Å². The standard InChI is InChI=1S/C9H20O2/c1-6-9(8(4)10-5)11-7(2)3/h7-9H,6H2,1-5H3. The van der Waals surface area contributed by atoms with Crippen molar-refractivity contribution in [2.24, 2.45) is 0 Å². The van der Waals surface area contributed by atoms with Crippen molar-refractivity contribution < 1.29 is 9.47 Å². The summed E-state index contributed by atoms with van der Waals surface area (Å²) in [4.78, 5) is 0. The van der Waals surface area contributed by atoms with Crippen molar-refractivity contribution in [2.45, 2.75) is 52.4 Å². The van der Waals surface area contributed by atoms with E-state index in [1.165, 1.54) is 0 Å². The van der Waals surface area contributed by atoms with Gasteiger partial charge in [0.15, 0.2) is 0 Å². The van der Waals surface area contributed by atoms with Crippen LogP contribution in [0.5, 0.6) is 0 Å². The smallest absolute Gasteiger partial charge is 0.0834 e. The molecule has 0 aromatic rings. The predicted molar refractivity (Wildman–Crippen MR) is 46.8 cm³/mol. The van der Waals surface area contributed by atoms with E-state index < -0.39 is 0 Å². The molecule has 0 spiro atoms. The van der Waals surface area contributed by atoms with Crippen LogP contribution in [0.25, 0.3) is 0 Å². The Morgan fingerprint density at radius 3 is 2.00 bits per heavy atom. The van der Waals surface area contributed by atoms with Gasteiger partial charge in [-0.2, -0.15) is 0 Å². The average molecular weight is 160 g/mol. The molecule has 0 fully saturated rings. The van der Waals surface area contributed by atoms with E-state index in [1.807, 2.05) is 20.8 Å². The zero-order valence-electron chi connectivity index (χ0n) is 8.26. The van der Waals surface area contributed by atoms with Crippen molar-refractivity contribution >= 4 is 0 Å². The molecule has 0 N–H and O–H groups in total. The molecular formula is C9H20O2. The Morgan fingerprint density at radius 1 is 1.18 bits per heavy atom. The van der Waals surface area contributed by atoms with Crippen LogP contribution in [0, 0.1) is 0 Å². The molecule has 2 nitrogen and oxygen atoms in total. The molecule has 11 heavy (non-hydrogen) atoms. The van der Waals surface area contributed by atoms with E-state index in [1.54, 1.807) is 7.11 Å². The lowest BCUT2D eigenvalue weighted by atomic mass is 10.2. The Kier molecular flexibility index (Phi) is 5.51. The number of rotatable bonds is 5. The van der Waals surface area contributed by atoms with Gasteiger partial charge in [0.2, 0.25) is 0 Å². The van der Waals surface area contributed by atoms with Crippen LogP contribution in [-0.2, 0) is 9.47 Å².